The van der Waals surface area contributed by atoms with Gasteiger partial charge in [-0.2, -0.15) is 9.19 Å². The molecule has 0 radical (unpaired) electrons. The van der Waals surface area contributed by atoms with Crippen molar-refractivity contribution in [2.75, 3.05) is 20.0 Å². The molecule has 31 heavy (non-hydrogen) atoms. The lowest BCUT2D eigenvalue weighted by Crippen LogP contribution is -2.50. The summed E-state index contributed by atoms with van der Waals surface area (Å²) in [6.45, 7) is 0.195. The van der Waals surface area contributed by atoms with Gasteiger partial charge in [-0.3, -0.25) is 4.90 Å². The van der Waals surface area contributed by atoms with Crippen LogP contribution >= 0.6 is 0 Å². The van der Waals surface area contributed by atoms with E-state index in [2.05, 4.69) is 5.10 Å². The third-order valence-electron chi connectivity index (χ3n) is 5.70. The largest absolute Gasteiger partial charge is 0.468 e. The SMILES string of the molecule is COC(=O)[C@@H]1c2cnn(S(C)(=O)=O)c2CN1[C@H]1CO[C@H](c2cc(F)ccc2F)[C@@H](N)C1. The lowest BCUT2D eigenvalue weighted by Gasteiger charge is -2.40. The Labute approximate surface area is 177 Å². The zero-order chi connectivity index (χ0) is 22.5. The van der Waals surface area contributed by atoms with Gasteiger partial charge in [-0.1, -0.05) is 0 Å². The fourth-order valence-electron chi connectivity index (χ4n) is 4.32. The van der Waals surface area contributed by atoms with Crippen molar-refractivity contribution in [2.24, 2.45) is 5.73 Å². The highest BCUT2D eigenvalue weighted by Crippen LogP contribution is 2.40. The molecule has 2 N–H and O–H groups in total. The summed E-state index contributed by atoms with van der Waals surface area (Å²) in [5.41, 5.74) is 7.09. The van der Waals surface area contributed by atoms with Crippen molar-refractivity contribution in [3.8, 4) is 0 Å². The molecule has 3 heterocycles. The Bertz CT molecular complexity index is 1120. The summed E-state index contributed by atoms with van der Waals surface area (Å²) in [7, 11) is -2.42. The van der Waals surface area contributed by atoms with Crippen molar-refractivity contribution in [1.29, 1.82) is 0 Å². The molecular weight excluding hydrogens is 434 g/mol. The Balaban J connectivity index is 1.60. The van der Waals surface area contributed by atoms with E-state index < -0.39 is 45.8 Å². The summed E-state index contributed by atoms with van der Waals surface area (Å²) in [6, 6.07) is 1.16. The highest BCUT2D eigenvalue weighted by atomic mass is 32.2. The van der Waals surface area contributed by atoms with Gasteiger partial charge in [0.1, 0.15) is 23.8 Å². The van der Waals surface area contributed by atoms with E-state index in [-0.39, 0.29) is 24.8 Å². The van der Waals surface area contributed by atoms with E-state index in [1.54, 1.807) is 4.90 Å². The smallest absolute Gasteiger partial charge is 0.327 e. The van der Waals surface area contributed by atoms with Crippen LogP contribution in [0.3, 0.4) is 0 Å². The van der Waals surface area contributed by atoms with E-state index in [9.17, 15) is 22.0 Å². The topological polar surface area (TPSA) is 117 Å². The van der Waals surface area contributed by atoms with Crippen LogP contribution in [0.5, 0.6) is 0 Å². The summed E-state index contributed by atoms with van der Waals surface area (Å²) >= 11 is 0. The van der Waals surface area contributed by atoms with E-state index in [0.29, 0.717) is 17.7 Å². The van der Waals surface area contributed by atoms with Crippen molar-refractivity contribution in [3.63, 3.8) is 0 Å². The van der Waals surface area contributed by atoms with Crippen molar-refractivity contribution in [2.45, 2.75) is 37.2 Å². The minimum absolute atomic E-state index is 0.0351. The zero-order valence-corrected chi connectivity index (χ0v) is 17.7. The van der Waals surface area contributed by atoms with Gasteiger partial charge in [0.2, 0.25) is 0 Å². The molecule has 1 aromatic carbocycles. The van der Waals surface area contributed by atoms with Crippen LogP contribution in [-0.4, -0.2) is 60.5 Å². The second-order valence-corrected chi connectivity index (χ2v) is 9.54. The molecule has 0 bridgehead atoms. The molecule has 1 saturated heterocycles. The molecule has 1 fully saturated rings. The molecule has 0 saturated carbocycles. The van der Waals surface area contributed by atoms with Crippen LogP contribution < -0.4 is 5.73 Å². The van der Waals surface area contributed by atoms with Crippen LogP contribution in [0.25, 0.3) is 0 Å². The normalized spacial score (nSPS) is 26.6. The van der Waals surface area contributed by atoms with Gasteiger partial charge in [0.15, 0.2) is 0 Å². The number of fused-ring (bicyclic) bond motifs is 1. The molecule has 0 amide bonds. The number of halogens is 2. The molecular formula is C19H22F2N4O5S. The second-order valence-electron chi connectivity index (χ2n) is 7.72. The van der Waals surface area contributed by atoms with Crippen molar-refractivity contribution < 1.29 is 31.5 Å². The molecule has 0 aliphatic carbocycles. The monoisotopic (exact) mass is 456 g/mol. The molecule has 9 nitrogen and oxygen atoms in total. The van der Waals surface area contributed by atoms with Crippen LogP contribution in [0.15, 0.2) is 24.4 Å². The fourth-order valence-corrected chi connectivity index (χ4v) is 5.10. The molecule has 2 aromatic rings. The van der Waals surface area contributed by atoms with Crippen LogP contribution in [0.2, 0.25) is 0 Å². The van der Waals surface area contributed by atoms with Gasteiger partial charge in [-0.25, -0.2) is 22.0 Å². The number of nitrogens with two attached hydrogens (primary N) is 1. The lowest BCUT2D eigenvalue weighted by molar-refractivity contribution is -0.150. The highest BCUT2D eigenvalue weighted by Gasteiger charge is 2.46. The maximum absolute atomic E-state index is 14.2. The predicted molar refractivity (Wildman–Crippen MR) is 104 cm³/mol. The molecule has 0 unspecified atom stereocenters. The van der Waals surface area contributed by atoms with Gasteiger partial charge in [0.05, 0.1) is 31.9 Å². The number of nitrogens with zero attached hydrogens (tertiary/aromatic N) is 3. The van der Waals surface area contributed by atoms with E-state index in [4.69, 9.17) is 15.2 Å². The third kappa shape index (κ3) is 3.84. The Hall–Kier alpha value is -2.41. The summed E-state index contributed by atoms with van der Waals surface area (Å²) < 4.78 is 63.5. The molecule has 0 spiro atoms. The van der Waals surface area contributed by atoms with E-state index in [0.717, 1.165) is 28.5 Å². The number of ether oxygens (including phenoxy) is 2. The minimum atomic E-state index is -3.67. The zero-order valence-electron chi connectivity index (χ0n) is 16.9. The van der Waals surface area contributed by atoms with Gasteiger partial charge in [0.25, 0.3) is 10.0 Å². The van der Waals surface area contributed by atoms with Gasteiger partial charge < -0.3 is 15.2 Å². The van der Waals surface area contributed by atoms with Crippen LogP contribution in [0.1, 0.15) is 35.4 Å². The number of rotatable bonds is 4. The summed E-state index contributed by atoms with van der Waals surface area (Å²) in [4.78, 5) is 14.3. The van der Waals surface area contributed by atoms with Gasteiger partial charge in [-0.15, -0.1) is 0 Å². The number of hydrogen-bond donors (Lipinski definition) is 1. The van der Waals surface area contributed by atoms with Gasteiger partial charge in [-0.05, 0) is 24.6 Å². The van der Waals surface area contributed by atoms with E-state index >= 15 is 0 Å². The number of aromatic nitrogens is 2. The number of methoxy groups -OCH3 is 1. The number of benzene rings is 1. The molecule has 4 rings (SSSR count). The van der Waals surface area contributed by atoms with Gasteiger partial charge in [0, 0.05) is 29.8 Å². The maximum Gasteiger partial charge on any atom is 0.327 e. The van der Waals surface area contributed by atoms with Gasteiger partial charge >= 0.3 is 5.97 Å². The first-order valence-corrected chi connectivity index (χ1v) is 11.4. The van der Waals surface area contributed by atoms with Crippen LogP contribution in [0.4, 0.5) is 8.78 Å². The average molecular weight is 456 g/mol. The second kappa shape index (κ2) is 7.93. The first kappa shape index (κ1) is 21.8. The number of carbonyl (C=O) groups is 1. The summed E-state index contributed by atoms with van der Waals surface area (Å²) in [5.74, 6) is -1.78. The number of carbonyl (C=O) groups excluding carboxylic acids is 1. The molecule has 4 atom stereocenters. The Morgan fingerprint density at radius 1 is 1.32 bits per heavy atom. The maximum atomic E-state index is 14.2. The molecule has 1 aromatic heterocycles. The first-order chi connectivity index (χ1) is 14.6. The molecule has 168 valence electrons. The van der Waals surface area contributed by atoms with E-state index in [1.165, 1.54) is 13.3 Å². The van der Waals surface area contributed by atoms with Crippen LogP contribution in [-0.2, 0) is 30.8 Å². The van der Waals surface area contributed by atoms with Crippen molar-refractivity contribution in [3.05, 3.63) is 52.9 Å². The van der Waals surface area contributed by atoms with Crippen molar-refractivity contribution >= 4 is 16.0 Å². The first-order valence-electron chi connectivity index (χ1n) is 9.55. The number of esters is 1. The Morgan fingerprint density at radius 2 is 2.06 bits per heavy atom. The molecule has 2 aliphatic heterocycles. The number of hydrogen-bond acceptors (Lipinski definition) is 8. The molecule has 2 aliphatic rings. The Kier molecular flexibility index (Phi) is 5.58. The third-order valence-corrected chi connectivity index (χ3v) is 6.64. The predicted octanol–water partition coefficient (Wildman–Crippen LogP) is 0.856. The summed E-state index contributed by atoms with van der Waals surface area (Å²) in [6.07, 6.45) is 1.82. The fraction of sp³-hybridized carbons (Fsp3) is 0.474. The highest BCUT2D eigenvalue weighted by molar-refractivity contribution is 7.89. The average Bonchev–Trinajstić information content (AvgIpc) is 3.28. The summed E-state index contributed by atoms with van der Waals surface area (Å²) in [5, 5.41) is 3.90. The standard InChI is InChI=1S/C19H22F2N4O5S/c1-29-19(26)17-13-7-23-25(31(2,27)28)16(13)8-24(17)11-6-15(22)18(30-9-11)12-5-10(20)3-4-14(12)21/h3-5,7,11,15,17-18H,6,8-9,22H2,1-2H3/t11-,15+,17+,18-/m1/s1. The Morgan fingerprint density at radius 3 is 2.71 bits per heavy atom. The quantitative estimate of drug-likeness (QED) is 0.674. The van der Waals surface area contributed by atoms with Crippen LogP contribution in [0, 0.1) is 11.6 Å². The molecule has 12 heteroatoms. The minimum Gasteiger partial charge on any atom is -0.468 e. The van der Waals surface area contributed by atoms with E-state index in [1.807, 2.05) is 0 Å². The van der Waals surface area contributed by atoms with Crippen molar-refractivity contribution in [1.82, 2.24) is 14.1 Å². The lowest BCUT2D eigenvalue weighted by atomic mass is 9.93.